The number of nitrogens with one attached hydrogen (secondary N) is 1. The van der Waals surface area contributed by atoms with Crippen LogP contribution in [0.25, 0.3) is 0 Å². The highest BCUT2D eigenvalue weighted by Crippen LogP contribution is 2.25. The minimum Gasteiger partial charge on any atom is -0.466 e. The highest BCUT2D eigenvalue weighted by Gasteiger charge is 2.17. The molecule has 112 valence electrons. The van der Waals surface area contributed by atoms with E-state index in [0.717, 1.165) is 0 Å². The largest absolute Gasteiger partial charge is 0.466 e. The molecule has 0 aliphatic rings. The second-order valence-electron chi connectivity index (χ2n) is 4.07. The van der Waals surface area contributed by atoms with E-state index in [1.807, 2.05) is 0 Å². The van der Waals surface area contributed by atoms with E-state index in [2.05, 4.69) is 4.72 Å². The van der Waals surface area contributed by atoms with Crippen molar-refractivity contribution in [2.45, 2.75) is 25.2 Å². The zero-order chi connectivity index (χ0) is 15.3. The third kappa shape index (κ3) is 4.36. The maximum absolute atomic E-state index is 12.0. The summed E-state index contributed by atoms with van der Waals surface area (Å²) in [5.41, 5.74) is 6.60. The average molecular weight is 321 g/mol. The number of nitrogen functional groups attached to an aromatic ring is 1. The third-order valence-electron chi connectivity index (χ3n) is 2.59. The van der Waals surface area contributed by atoms with Crippen molar-refractivity contribution in [3.8, 4) is 0 Å². The fourth-order valence-electron chi connectivity index (χ4n) is 1.43. The molecule has 1 aromatic rings. The summed E-state index contributed by atoms with van der Waals surface area (Å²) >= 11 is 5.90. The molecule has 0 amide bonds. The zero-order valence-corrected chi connectivity index (χ0v) is 12.8. The van der Waals surface area contributed by atoms with Gasteiger partial charge in [-0.05, 0) is 31.5 Å². The van der Waals surface area contributed by atoms with Gasteiger partial charge in [-0.1, -0.05) is 11.6 Å². The molecule has 0 spiro atoms. The molecule has 0 fully saturated rings. The van der Waals surface area contributed by atoms with Gasteiger partial charge in [-0.2, -0.15) is 0 Å². The Kier molecular flexibility index (Phi) is 5.79. The van der Waals surface area contributed by atoms with Crippen LogP contribution in [0.2, 0.25) is 5.02 Å². The standard InChI is InChI=1S/C12H17ClN2O4S/c1-3-19-12(16)4-5-15-20(17,18)9-6-10(13)8(2)11(14)7-9/h6-7,15H,3-5,14H2,1-2H3. The highest BCUT2D eigenvalue weighted by molar-refractivity contribution is 7.89. The van der Waals surface area contributed by atoms with Crippen molar-refractivity contribution in [1.82, 2.24) is 4.72 Å². The van der Waals surface area contributed by atoms with Gasteiger partial charge in [-0.25, -0.2) is 13.1 Å². The Morgan fingerprint density at radius 3 is 2.65 bits per heavy atom. The van der Waals surface area contributed by atoms with Gasteiger partial charge in [-0.3, -0.25) is 4.79 Å². The van der Waals surface area contributed by atoms with Gasteiger partial charge in [0.1, 0.15) is 0 Å². The number of halogens is 1. The maximum atomic E-state index is 12.0. The molecule has 0 aromatic heterocycles. The van der Waals surface area contributed by atoms with Crippen LogP contribution < -0.4 is 10.5 Å². The van der Waals surface area contributed by atoms with Gasteiger partial charge in [-0.15, -0.1) is 0 Å². The van der Waals surface area contributed by atoms with Crippen LogP contribution >= 0.6 is 11.6 Å². The SMILES string of the molecule is CCOC(=O)CCNS(=O)(=O)c1cc(N)c(C)c(Cl)c1. The molecule has 1 rings (SSSR count). The van der Waals surface area contributed by atoms with E-state index >= 15 is 0 Å². The summed E-state index contributed by atoms with van der Waals surface area (Å²) in [7, 11) is -3.75. The first kappa shape index (κ1) is 16.7. The van der Waals surface area contributed by atoms with Gasteiger partial charge < -0.3 is 10.5 Å². The van der Waals surface area contributed by atoms with E-state index < -0.39 is 16.0 Å². The first-order valence-electron chi connectivity index (χ1n) is 5.99. The van der Waals surface area contributed by atoms with Gasteiger partial charge in [0.05, 0.1) is 17.9 Å². The number of carbonyl (C=O) groups is 1. The van der Waals surface area contributed by atoms with Crippen LogP contribution in [-0.4, -0.2) is 27.5 Å². The second kappa shape index (κ2) is 6.92. The summed E-state index contributed by atoms with van der Waals surface area (Å²) in [6, 6.07) is 2.65. The average Bonchev–Trinajstić information content (AvgIpc) is 2.35. The summed E-state index contributed by atoms with van der Waals surface area (Å²) in [4.78, 5) is 11.1. The smallest absolute Gasteiger partial charge is 0.307 e. The first-order chi connectivity index (χ1) is 9.27. The molecule has 1 aromatic carbocycles. The highest BCUT2D eigenvalue weighted by atomic mass is 35.5. The molecule has 0 heterocycles. The molecule has 0 aliphatic heterocycles. The lowest BCUT2D eigenvalue weighted by atomic mass is 10.2. The molecule has 0 bridgehead atoms. The molecule has 0 aliphatic carbocycles. The van der Waals surface area contributed by atoms with Crippen LogP contribution in [0.1, 0.15) is 18.9 Å². The van der Waals surface area contributed by atoms with Crippen LogP contribution in [0.5, 0.6) is 0 Å². The van der Waals surface area contributed by atoms with Crippen LogP contribution in [0.3, 0.4) is 0 Å². The Labute approximate surface area is 123 Å². The maximum Gasteiger partial charge on any atom is 0.307 e. The summed E-state index contributed by atoms with van der Waals surface area (Å²) in [5.74, 6) is -0.461. The normalized spacial score (nSPS) is 11.3. The first-order valence-corrected chi connectivity index (χ1v) is 7.85. The number of rotatable bonds is 6. The van der Waals surface area contributed by atoms with Crippen LogP contribution in [-0.2, 0) is 19.6 Å². The van der Waals surface area contributed by atoms with Crippen molar-refractivity contribution in [1.29, 1.82) is 0 Å². The number of ether oxygens (including phenoxy) is 1. The van der Waals surface area contributed by atoms with Gasteiger partial charge in [0.25, 0.3) is 0 Å². The number of hydrogen-bond donors (Lipinski definition) is 2. The molecule has 8 heteroatoms. The molecule has 6 nitrogen and oxygen atoms in total. The van der Waals surface area contributed by atoms with Crippen LogP contribution in [0.15, 0.2) is 17.0 Å². The lowest BCUT2D eigenvalue weighted by molar-refractivity contribution is -0.142. The van der Waals surface area contributed by atoms with Crippen molar-refractivity contribution in [3.05, 3.63) is 22.7 Å². The summed E-state index contributed by atoms with van der Waals surface area (Å²) < 4.78 is 31.0. The predicted octanol–water partition coefficient (Wildman–Crippen LogP) is 1.46. The molecule has 0 atom stereocenters. The Morgan fingerprint density at radius 2 is 2.10 bits per heavy atom. The Hall–Kier alpha value is -1.31. The fraction of sp³-hybridized carbons (Fsp3) is 0.417. The number of nitrogens with two attached hydrogens (primary N) is 1. The van der Waals surface area contributed by atoms with Crippen LogP contribution in [0, 0.1) is 6.92 Å². The number of hydrogen-bond acceptors (Lipinski definition) is 5. The monoisotopic (exact) mass is 320 g/mol. The van der Waals surface area contributed by atoms with Crippen molar-refractivity contribution < 1.29 is 17.9 Å². The minimum atomic E-state index is -3.75. The lowest BCUT2D eigenvalue weighted by Gasteiger charge is -2.10. The summed E-state index contributed by atoms with van der Waals surface area (Å²) in [5, 5.41) is 0.274. The van der Waals surface area contributed by atoms with E-state index in [9.17, 15) is 13.2 Å². The molecule has 3 N–H and O–H groups in total. The Morgan fingerprint density at radius 1 is 1.45 bits per heavy atom. The second-order valence-corrected chi connectivity index (χ2v) is 6.25. The van der Waals surface area contributed by atoms with Crippen molar-refractivity contribution in [2.75, 3.05) is 18.9 Å². The summed E-state index contributed by atoms with van der Waals surface area (Å²) in [6.45, 7) is 3.59. The Bertz CT molecular complexity index is 578. The molecule has 0 saturated carbocycles. The van der Waals surface area contributed by atoms with Gasteiger partial charge in [0.15, 0.2) is 0 Å². The van der Waals surface area contributed by atoms with E-state index in [4.69, 9.17) is 22.1 Å². The van der Waals surface area contributed by atoms with Gasteiger partial charge >= 0.3 is 5.97 Å². The molecular weight excluding hydrogens is 304 g/mol. The van der Waals surface area contributed by atoms with E-state index in [1.165, 1.54) is 12.1 Å². The van der Waals surface area contributed by atoms with Gasteiger partial charge in [0.2, 0.25) is 10.0 Å². The third-order valence-corrected chi connectivity index (χ3v) is 4.43. The topological polar surface area (TPSA) is 98.5 Å². The predicted molar refractivity (Wildman–Crippen MR) is 77.0 cm³/mol. The van der Waals surface area contributed by atoms with Crippen LogP contribution in [0.4, 0.5) is 5.69 Å². The summed E-state index contributed by atoms with van der Waals surface area (Å²) in [6.07, 6.45) is -0.0395. The number of sulfonamides is 1. The molecular formula is C12H17ClN2O4S. The number of carbonyl (C=O) groups excluding carboxylic acids is 1. The number of benzene rings is 1. The molecule has 0 unspecified atom stereocenters. The van der Waals surface area contributed by atoms with Crippen molar-refractivity contribution in [2.24, 2.45) is 0 Å². The van der Waals surface area contributed by atoms with Gasteiger partial charge in [0, 0.05) is 17.3 Å². The number of esters is 1. The van der Waals surface area contributed by atoms with E-state index in [1.54, 1.807) is 13.8 Å². The molecule has 0 saturated heterocycles. The minimum absolute atomic E-state index is 0.0329. The zero-order valence-electron chi connectivity index (χ0n) is 11.3. The van der Waals surface area contributed by atoms with Crippen molar-refractivity contribution in [3.63, 3.8) is 0 Å². The van der Waals surface area contributed by atoms with Crippen molar-refractivity contribution >= 4 is 33.3 Å². The Balaban J connectivity index is 2.77. The van der Waals surface area contributed by atoms with E-state index in [-0.39, 0.29) is 29.5 Å². The lowest BCUT2D eigenvalue weighted by Crippen LogP contribution is -2.27. The molecule has 0 radical (unpaired) electrons. The quantitative estimate of drug-likeness (QED) is 0.611. The number of anilines is 1. The molecule has 20 heavy (non-hydrogen) atoms. The fourth-order valence-corrected chi connectivity index (χ4v) is 2.82. The van der Waals surface area contributed by atoms with E-state index in [0.29, 0.717) is 11.3 Å².